The fourth-order valence-electron chi connectivity index (χ4n) is 1.50. The zero-order valence-corrected chi connectivity index (χ0v) is 13.6. The van der Waals surface area contributed by atoms with Gasteiger partial charge < -0.3 is 4.74 Å². The van der Waals surface area contributed by atoms with Crippen molar-refractivity contribution in [3.05, 3.63) is 29.3 Å². The van der Waals surface area contributed by atoms with Crippen LogP contribution in [0, 0.1) is 12.3 Å². The number of aryl methyl sites for hydroxylation is 1. The van der Waals surface area contributed by atoms with Crippen molar-refractivity contribution in [3.63, 3.8) is 0 Å². The lowest BCUT2D eigenvalue weighted by Gasteiger charge is -2.17. The highest BCUT2D eigenvalue weighted by Crippen LogP contribution is 2.21. The SMILES string of the molecule is Cc1ccc(S(=O)(=O)Cl)cc1C(=O)OCCC(C)(C)C. The zero-order valence-electron chi connectivity index (χ0n) is 12.1. The molecule has 6 heteroatoms. The Morgan fingerprint density at radius 2 is 1.90 bits per heavy atom. The Balaban J connectivity index is 2.88. The first-order valence-corrected chi connectivity index (χ1v) is 8.54. The fourth-order valence-corrected chi connectivity index (χ4v) is 2.28. The molecule has 4 nitrogen and oxygen atoms in total. The molecule has 0 spiro atoms. The van der Waals surface area contributed by atoms with Crippen molar-refractivity contribution in [2.24, 2.45) is 5.41 Å². The van der Waals surface area contributed by atoms with Crippen LogP contribution in [0.3, 0.4) is 0 Å². The molecule has 0 fully saturated rings. The van der Waals surface area contributed by atoms with E-state index in [0.29, 0.717) is 12.2 Å². The van der Waals surface area contributed by atoms with Gasteiger partial charge in [-0.05, 0) is 36.5 Å². The number of ether oxygens (including phenoxy) is 1. The van der Waals surface area contributed by atoms with Gasteiger partial charge in [-0.25, -0.2) is 13.2 Å². The third kappa shape index (κ3) is 5.13. The molecular weight excluding hydrogens is 300 g/mol. The molecule has 20 heavy (non-hydrogen) atoms. The monoisotopic (exact) mass is 318 g/mol. The van der Waals surface area contributed by atoms with Crippen LogP contribution >= 0.6 is 10.7 Å². The van der Waals surface area contributed by atoms with Gasteiger partial charge in [-0.15, -0.1) is 0 Å². The number of carbonyl (C=O) groups is 1. The molecule has 112 valence electrons. The van der Waals surface area contributed by atoms with Gasteiger partial charge in [-0.1, -0.05) is 26.8 Å². The van der Waals surface area contributed by atoms with Gasteiger partial charge in [0.2, 0.25) is 0 Å². The second-order valence-corrected chi connectivity index (χ2v) is 8.43. The summed E-state index contributed by atoms with van der Waals surface area (Å²) in [6.07, 6.45) is 0.727. The Bertz CT molecular complexity index is 600. The molecule has 0 N–H and O–H groups in total. The number of benzene rings is 1. The Morgan fingerprint density at radius 3 is 2.40 bits per heavy atom. The van der Waals surface area contributed by atoms with E-state index in [9.17, 15) is 13.2 Å². The van der Waals surface area contributed by atoms with Crippen LogP contribution in [0.5, 0.6) is 0 Å². The lowest BCUT2D eigenvalue weighted by atomic mass is 9.93. The maximum absolute atomic E-state index is 12.0. The average Bonchev–Trinajstić information content (AvgIpc) is 2.25. The lowest BCUT2D eigenvalue weighted by molar-refractivity contribution is 0.0463. The Hall–Kier alpha value is -1.07. The molecule has 1 aromatic carbocycles. The molecule has 0 aromatic heterocycles. The predicted octanol–water partition coefficient (Wildman–Crippen LogP) is 3.52. The summed E-state index contributed by atoms with van der Waals surface area (Å²) in [5, 5.41) is 0. The quantitative estimate of drug-likeness (QED) is 0.629. The summed E-state index contributed by atoms with van der Waals surface area (Å²) in [4.78, 5) is 11.9. The van der Waals surface area contributed by atoms with E-state index in [1.165, 1.54) is 18.2 Å². The summed E-state index contributed by atoms with van der Waals surface area (Å²) in [5.74, 6) is -0.533. The Labute approximate surface area is 124 Å². The highest BCUT2D eigenvalue weighted by atomic mass is 35.7. The maximum Gasteiger partial charge on any atom is 0.338 e. The summed E-state index contributed by atoms with van der Waals surface area (Å²) in [6.45, 7) is 8.15. The van der Waals surface area contributed by atoms with Crippen molar-refractivity contribution >= 4 is 25.7 Å². The molecule has 0 saturated heterocycles. The van der Waals surface area contributed by atoms with Crippen LogP contribution in [-0.4, -0.2) is 21.0 Å². The molecular formula is C14H19ClO4S. The summed E-state index contributed by atoms with van der Waals surface area (Å²) in [6, 6.07) is 4.15. The topological polar surface area (TPSA) is 60.4 Å². The molecule has 0 atom stereocenters. The number of halogens is 1. The van der Waals surface area contributed by atoms with Crippen LogP contribution in [-0.2, 0) is 13.8 Å². The summed E-state index contributed by atoms with van der Waals surface area (Å²) in [7, 11) is 1.42. The normalized spacial score (nSPS) is 12.2. The summed E-state index contributed by atoms with van der Waals surface area (Å²) < 4.78 is 27.7. The summed E-state index contributed by atoms with van der Waals surface area (Å²) in [5.41, 5.74) is 0.937. The highest BCUT2D eigenvalue weighted by Gasteiger charge is 2.18. The first-order chi connectivity index (χ1) is 9.00. The number of hydrogen-bond acceptors (Lipinski definition) is 4. The third-order valence-electron chi connectivity index (χ3n) is 2.80. The minimum Gasteiger partial charge on any atom is -0.462 e. The van der Waals surface area contributed by atoms with Crippen molar-refractivity contribution in [2.45, 2.75) is 39.0 Å². The molecule has 0 amide bonds. The first-order valence-electron chi connectivity index (χ1n) is 6.23. The van der Waals surface area contributed by atoms with E-state index in [4.69, 9.17) is 15.4 Å². The molecule has 0 aliphatic rings. The van der Waals surface area contributed by atoms with E-state index < -0.39 is 15.0 Å². The molecule has 0 radical (unpaired) electrons. The maximum atomic E-state index is 12.0. The van der Waals surface area contributed by atoms with Gasteiger partial charge in [0.05, 0.1) is 17.1 Å². The predicted molar refractivity (Wildman–Crippen MR) is 78.6 cm³/mol. The zero-order chi connectivity index (χ0) is 15.6. The second-order valence-electron chi connectivity index (χ2n) is 5.86. The van der Waals surface area contributed by atoms with E-state index in [-0.39, 0.29) is 15.9 Å². The molecule has 0 unspecified atom stereocenters. The minimum absolute atomic E-state index is 0.0661. The molecule has 0 aliphatic heterocycles. The van der Waals surface area contributed by atoms with E-state index in [0.717, 1.165) is 6.42 Å². The highest BCUT2D eigenvalue weighted by molar-refractivity contribution is 8.13. The van der Waals surface area contributed by atoms with E-state index in [1.807, 2.05) is 20.8 Å². The molecule has 0 heterocycles. The Morgan fingerprint density at radius 1 is 1.30 bits per heavy atom. The van der Waals surface area contributed by atoms with Crippen LogP contribution in [0.15, 0.2) is 23.1 Å². The number of rotatable bonds is 4. The standard InChI is InChI=1S/C14H19ClO4S/c1-10-5-6-11(20(15,17)18)9-12(10)13(16)19-8-7-14(2,3)4/h5-6,9H,7-8H2,1-4H3. The molecule has 0 saturated carbocycles. The fraction of sp³-hybridized carbons (Fsp3) is 0.500. The first kappa shape index (κ1) is 17.0. The van der Waals surface area contributed by atoms with E-state index in [1.54, 1.807) is 6.92 Å². The average molecular weight is 319 g/mol. The van der Waals surface area contributed by atoms with Crippen LogP contribution in [0.1, 0.15) is 43.1 Å². The van der Waals surface area contributed by atoms with E-state index >= 15 is 0 Å². The van der Waals surface area contributed by atoms with Gasteiger partial charge in [0.25, 0.3) is 9.05 Å². The Kier molecular flexibility index (Phi) is 5.21. The minimum atomic E-state index is -3.85. The smallest absolute Gasteiger partial charge is 0.338 e. The van der Waals surface area contributed by atoms with Gasteiger partial charge in [-0.2, -0.15) is 0 Å². The lowest BCUT2D eigenvalue weighted by Crippen LogP contribution is -2.14. The largest absolute Gasteiger partial charge is 0.462 e. The third-order valence-corrected chi connectivity index (χ3v) is 4.15. The van der Waals surface area contributed by atoms with Gasteiger partial charge in [0.15, 0.2) is 0 Å². The van der Waals surface area contributed by atoms with Crippen LogP contribution in [0.2, 0.25) is 0 Å². The molecule has 1 aromatic rings. The van der Waals surface area contributed by atoms with Gasteiger partial charge in [0, 0.05) is 10.7 Å². The number of hydrogen-bond donors (Lipinski definition) is 0. The number of carbonyl (C=O) groups excluding carboxylic acids is 1. The van der Waals surface area contributed by atoms with Crippen LogP contribution < -0.4 is 0 Å². The second kappa shape index (κ2) is 6.14. The van der Waals surface area contributed by atoms with Gasteiger partial charge in [-0.3, -0.25) is 0 Å². The van der Waals surface area contributed by atoms with Gasteiger partial charge in [0.1, 0.15) is 0 Å². The molecule has 0 aliphatic carbocycles. The van der Waals surface area contributed by atoms with Crippen molar-refractivity contribution < 1.29 is 17.9 Å². The summed E-state index contributed by atoms with van der Waals surface area (Å²) >= 11 is 0. The van der Waals surface area contributed by atoms with E-state index in [2.05, 4.69) is 0 Å². The number of esters is 1. The molecule has 0 bridgehead atoms. The van der Waals surface area contributed by atoms with Crippen LogP contribution in [0.4, 0.5) is 0 Å². The van der Waals surface area contributed by atoms with Crippen molar-refractivity contribution in [1.29, 1.82) is 0 Å². The van der Waals surface area contributed by atoms with Gasteiger partial charge >= 0.3 is 5.97 Å². The van der Waals surface area contributed by atoms with Crippen molar-refractivity contribution in [3.8, 4) is 0 Å². The molecule has 1 rings (SSSR count). The van der Waals surface area contributed by atoms with Crippen molar-refractivity contribution in [1.82, 2.24) is 0 Å². The van der Waals surface area contributed by atoms with Crippen molar-refractivity contribution in [2.75, 3.05) is 6.61 Å². The van der Waals surface area contributed by atoms with Crippen LogP contribution in [0.25, 0.3) is 0 Å².